The highest BCUT2D eigenvalue weighted by Gasteiger charge is 2.10. The van der Waals surface area contributed by atoms with Crippen LogP contribution in [0.5, 0.6) is 5.88 Å². The lowest BCUT2D eigenvalue weighted by atomic mass is 10.1. The number of amides is 2. The van der Waals surface area contributed by atoms with Gasteiger partial charge in [-0.1, -0.05) is 18.1 Å². The van der Waals surface area contributed by atoms with Crippen molar-refractivity contribution >= 4 is 22.6 Å². The fourth-order valence-electron chi connectivity index (χ4n) is 1.63. The van der Waals surface area contributed by atoms with Crippen LogP contribution in [0, 0.1) is 0 Å². The van der Waals surface area contributed by atoms with Crippen molar-refractivity contribution in [1.82, 2.24) is 4.98 Å². The third-order valence-corrected chi connectivity index (χ3v) is 2.47. The van der Waals surface area contributed by atoms with E-state index >= 15 is 0 Å². The smallest absolute Gasteiger partial charge is 0.356 e. The lowest BCUT2D eigenvalue weighted by molar-refractivity contribution is 0.255. The van der Waals surface area contributed by atoms with Crippen molar-refractivity contribution < 1.29 is 9.90 Å². The van der Waals surface area contributed by atoms with Crippen LogP contribution < -0.4 is 5.73 Å². The van der Waals surface area contributed by atoms with Gasteiger partial charge in [0.25, 0.3) is 0 Å². The summed E-state index contributed by atoms with van der Waals surface area (Å²) in [4.78, 5) is 13.3. The molecule has 0 aliphatic heterocycles. The van der Waals surface area contributed by atoms with Gasteiger partial charge in [0.2, 0.25) is 5.88 Å². The summed E-state index contributed by atoms with van der Waals surface area (Å²) in [6.07, 6.45) is 0.869. The first-order valence-corrected chi connectivity index (χ1v) is 5.16. The van der Waals surface area contributed by atoms with Gasteiger partial charge in [-0.05, 0) is 24.1 Å². The molecule has 0 radical (unpaired) electrons. The highest BCUT2D eigenvalue weighted by Crippen LogP contribution is 2.35. The second-order valence-corrected chi connectivity index (χ2v) is 3.59. The fraction of sp³-hybridized carbons (Fsp3) is 0.182. The number of H-pyrrole nitrogens is 1. The Kier molecular flexibility index (Phi) is 2.78. The standard InChI is InChI=1S/C11H12N4O2/c1-2-6-3-4-8-7(5-6)9(10(16)13-8)14-15-11(12)17/h3-5,13,16H,2H2,1H3,(H2,12,17). The molecule has 0 saturated carbocycles. The van der Waals surface area contributed by atoms with Crippen molar-refractivity contribution in [3.8, 4) is 5.88 Å². The van der Waals surface area contributed by atoms with Gasteiger partial charge in [0.15, 0.2) is 5.69 Å². The molecule has 0 bridgehead atoms. The highest BCUT2D eigenvalue weighted by atomic mass is 16.3. The number of aromatic nitrogens is 1. The predicted octanol–water partition coefficient (Wildman–Crippen LogP) is 2.60. The van der Waals surface area contributed by atoms with E-state index in [9.17, 15) is 9.90 Å². The minimum atomic E-state index is -0.898. The van der Waals surface area contributed by atoms with Crippen LogP contribution in [0.2, 0.25) is 0 Å². The Morgan fingerprint density at radius 1 is 1.53 bits per heavy atom. The molecule has 2 rings (SSSR count). The maximum absolute atomic E-state index is 10.5. The molecule has 0 fully saturated rings. The molecule has 17 heavy (non-hydrogen) atoms. The van der Waals surface area contributed by atoms with Gasteiger partial charge >= 0.3 is 6.03 Å². The average molecular weight is 232 g/mol. The molecule has 0 unspecified atom stereocenters. The number of aromatic hydroxyl groups is 1. The number of aromatic amines is 1. The maximum atomic E-state index is 10.5. The summed E-state index contributed by atoms with van der Waals surface area (Å²) < 4.78 is 0. The number of urea groups is 1. The Hall–Kier alpha value is -2.37. The summed E-state index contributed by atoms with van der Waals surface area (Å²) in [6, 6.07) is 4.79. The second-order valence-electron chi connectivity index (χ2n) is 3.59. The van der Waals surface area contributed by atoms with E-state index in [0.717, 1.165) is 17.5 Å². The number of rotatable bonds is 2. The lowest BCUT2D eigenvalue weighted by Gasteiger charge is -1.96. The van der Waals surface area contributed by atoms with Crippen LogP contribution in [0.3, 0.4) is 0 Å². The number of nitrogens with two attached hydrogens (primary N) is 1. The molecule has 1 heterocycles. The van der Waals surface area contributed by atoms with Crippen molar-refractivity contribution in [3.05, 3.63) is 23.8 Å². The number of hydrogen-bond acceptors (Lipinski definition) is 3. The largest absolute Gasteiger partial charge is 0.493 e. The molecule has 2 amide bonds. The third kappa shape index (κ3) is 2.10. The average Bonchev–Trinajstić information content (AvgIpc) is 2.61. The zero-order chi connectivity index (χ0) is 12.4. The summed E-state index contributed by atoms with van der Waals surface area (Å²) in [5.74, 6) is -0.127. The summed E-state index contributed by atoms with van der Waals surface area (Å²) in [6.45, 7) is 2.03. The maximum Gasteiger partial charge on any atom is 0.356 e. The van der Waals surface area contributed by atoms with E-state index in [4.69, 9.17) is 5.73 Å². The molecule has 4 N–H and O–H groups in total. The molecule has 6 heteroatoms. The summed E-state index contributed by atoms with van der Waals surface area (Å²) in [5.41, 5.74) is 6.94. The predicted molar refractivity (Wildman–Crippen MR) is 63.4 cm³/mol. The molecule has 0 saturated heterocycles. The zero-order valence-corrected chi connectivity index (χ0v) is 9.27. The van der Waals surface area contributed by atoms with Crippen molar-refractivity contribution in [2.24, 2.45) is 16.0 Å². The summed E-state index contributed by atoms with van der Waals surface area (Å²) in [7, 11) is 0. The van der Waals surface area contributed by atoms with Crippen molar-refractivity contribution in [2.75, 3.05) is 0 Å². The van der Waals surface area contributed by atoms with E-state index in [1.165, 1.54) is 0 Å². The number of aryl methyl sites for hydroxylation is 1. The third-order valence-electron chi connectivity index (χ3n) is 2.47. The summed E-state index contributed by atoms with van der Waals surface area (Å²) in [5, 5.41) is 17.2. The van der Waals surface area contributed by atoms with E-state index in [0.29, 0.717) is 5.39 Å². The van der Waals surface area contributed by atoms with Gasteiger partial charge in [-0.15, -0.1) is 5.11 Å². The minimum absolute atomic E-state index is 0.127. The molecule has 1 aromatic carbocycles. The number of hydrogen-bond donors (Lipinski definition) is 3. The normalized spacial score (nSPS) is 11.4. The van der Waals surface area contributed by atoms with E-state index in [-0.39, 0.29) is 11.6 Å². The van der Waals surface area contributed by atoms with Crippen molar-refractivity contribution in [3.63, 3.8) is 0 Å². The van der Waals surface area contributed by atoms with Crippen LogP contribution in [-0.2, 0) is 6.42 Å². The van der Waals surface area contributed by atoms with Gasteiger partial charge in [-0.3, -0.25) is 0 Å². The Morgan fingerprint density at radius 3 is 2.94 bits per heavy atom. The number of fused-ring (bicyclic) bond motifs is 1. The molecule has 0 atom stereocenters. The quantitative estimate of drug-likeness (QED) is 0.692. The van der Waals surface area contributed by atoms with Gasteiger partial charge in [0.05, 0.1) is 5.52 Å². The van der Waals surface area contributed by atoms with Crippen LogP contribution in [0.4, 0.5) is 10.5 Å². The number of azo groups is 1. The first kappa shape index (κ1) is 11.1. The number of benzene rings is 1. The topological polar surface area (TPSA) is 104 Å². The van der Waals surface area contributed by atoms with Crippen molar-refractivity contribution in [2.45, 2.75) is 13.3 Å². The van der Waals surface area contributed by atoms with E-state index in [1.807, 2.05) is 25.1 Å². The number of nitrogens with one attached hydrogen (secondary N) is 1. The van der Waals surface area contributed by atoms with Crippen LogP contribution in [0.15, 0.2) is 28.4 Å². The molecule has 0 spiro atoms. The Balaban J connectivity index is 2.60. The molecule has 0 aliphatic carbocycles. The van der Waals surface area contributed by atoms with Gasteiger partial charge in [0, 0.05) is 5.39 Å². The van der Waals surface area contributed by atoms with E-state index in [1.54, 1.807) is 0 Å². The van der Waals surface area contributed by atoms with E-state index < -0.39 is 6.03 Å². The summed E-state index contributed by atoms with van der Waals surface area (Å²) >= 11 is 0. The number of nitrogens with zero attached hydrogens (tertiary/aromatic N) is 2. The Labute approximate surface area is 97.2 Å². The first-order chi connectivity index (χ1) is 8.11. The van der Waals surface area contributed by atoms with Gasteiger partial charge in [-0.2, -0.15) is 0 Å². The van der Waals surface area contributed by atoms with Crippen LogP contribution in [0.1, 0.15) is 12.5 Å². The first-order valence-electron chi connectivity index (χ1n) is 5.16. The fourth-order valence-corrected chi connectivity index (χ4v) is 1.63. The zero-order valence-electron chi connectivity index (χ0n) is 9.27. The highest BCUT2D eigenvalue weighted by molar-refractivity contribution is 5.94. The number of carbonyl (C=O) groups is 1. The van der Waals surface area contributed by atoms with Crippen LogP contribution in [-0.4, -0.2) is 16.1 Å². The monoisotopic (exact) mass is 232 g/mol. The Morgan fingerprint density at radius 2 is 2.29 bits per heavy atom. The van der Waals surface area contributed by atoms with E-state index in [2.05, 4.69) is 15.2 Å². The molecule has 6 nitrogen and oxygen atoms in total. The molecular formula is C11H12N4O2. The molecule has 0 aliphatic rings. The lowest BCUT2D eigenvalue weighted by Crippen LogP contribution is -2.01. The van der Waals surface area contributed by atoms with Crippen LogP contribution >= 0.6 is 0 Å². The van der Waals surface area contributed by atoms with Gasteiger partial charge < -0.3 is 15.8 Å². The van der Waals surface area contributed by atoms with Gasteiger partial charge in [-0.25, -0.2) is 4.79 Å². The second kappa shape index (κ2) is 4.25. The Bertz CT molecular complexity index is 601. The van der Waals surface area contributed by atoms with Gasteiger partial charge in [0.1, 0.15) is 0 Å². The van der Waals surface area contributed by atoms with Crippen LogP contribution in [0.25, 0.3) is 10.9 Å². The minimum Gasteiger partial charge on any atom is -0.493 e. The molecule has 88 valence electrons. The molecule has 2 aromatic rings. The molecule has 1 aromatic heterocycles. The molecular weight excluding hydrogens is 220 g/mol. The number of primary amides is 1. The SMILES string of the molecule is CCc1ccc2[nH]c(O)c(N=NC(N)=O)c2c1. The number of carbonyl (C=O) groups excluding carboxylic acids is 1. The van der Waals surface area contributed by atoms with Crippen molar-refractivity contribution in [1.29, 1.82) is 0 Å².